The van der Waals surface area contributed by atoms with Gasteiger partial charge < -0.3 is 15.3 Å². The molecule has 1 spiro atoms. The van der Waals surface area contributed by atoms with E-state index in [-0.39, 0.29) is 30.1 Å². The SMILES string of the molecule is CC(=O)NC[C@@H]1[C@@H](c2ccccc2)[C@]12CN(C(=O)Cc1csc(C)n1)C[C@@H]2O. The van der Waals surface area contributed by atoms with Crippen molar-refractivity contribution in [2.75, 3.05) is 19.6 Å². The third-order valence-corrected chi connectivity index (χ3v) is 6.94. The highest BCUT2D eigenvalue weighted by atomic mass is 32.1. The second-order valence-electron chi connectivity index (χ2n) is 7.87. The van der Waals surface area contributed by atoms with Gasteiger partial charge in [-0.1, -0.05) is 30.3 Å². The van der Waals surface area contributed by atoms with Crippen LogP contribution in [0.3, 0.4) is 0 Å². The highest BCUT2D eigenvalue weighted by Crippen LogP contribution is 2.68. The standard InChI is InChI=1S/C21H25N3O3S/c1-13(25)22-9-17-20(15-6-4-3-5-7-15)21(17)12-24(10-18(21)26)19(27)8-16-11-28-14(2)23-16/h3-7,11,17-18,20,26H,8-10,12H2,1-2H3,(H,22,25)/t17-,18+,20-,21-/m1/s1. The van der Waals surface area contributed by atoms with E-state index in [1.807, 2.05) is 30.5 Å². The Morgan fingerprint density at radius 1 is 1.36 bits per heavy atom. The lowest BCUT2D eigenvalue weighted by atomic mass is 9.95. The Bertz CT molecular complexity index is 884. The van der Waals surface area contributed by atoms with Gasteiger partial charge in [0.05, 0.1) is 23.2 Å². The van der Waals surface area contributed by atoms with Crippen LogP contribution >= 0.6 is 11.3 Å². The van der Waals surface area contributed by atoms with Crippen LogP contribution in [0.15, 0.2) is 35.7 Å². The van der Waals surface area contributed by atoms with Gasteiger partial charge >= 0.3 is 0 Å². The summed E-state index contributed by atoms with van der Waals surface area (Å²) in [5, 5.41) is 16.7. The minimum atomic E-state index is -0.599. The highest BCUT2D eigenvalue weighted by molar-refractivity contribution is 7.09. The molecule has 28 heavy (non-hydrogen) atoms. The summed E-state index contributed by atoms with van der Waals surface area (Å²) in [4.78, 5) is 30.4. The topological polar surface area (TPSA) is 82.5 Å². The largest absolute Gasteiger partial charge is 0.391 e. The number of rotatable bonds is 5. The molecule has 2 aliphatic rings. The van der Waals surface area contributed by atoms with Crippen molar-refractivity contribution in [3.8, 4) is 0 Å². The summed E-state index contributed by atoms with van der Waals surface area (Å²) in [6.45, 7) is 4.79. The minimum absolute atomic E-state index is 0.00165. The Hall–Kier alpha value is -2.25. The van der Waals surface area contributed by atoms with Crippen molar-refractivity contribution in [2.24, 2.45) is 11.3 Å². The third kappa shape index (κ3) is 3.33. The van der Waals surface area contributed by atoms with Crippen LogP contribution in [-0.4, -0.2) is 52.5 Å². The molecule has 1 aliphatic carbocycles. The van der Waals surface area contributed by atoms with E-state index >= 15 is 0 Å². The lowest BCUT2D eigenvalue weighted by Crippen LogP contribution is -2.31. The van der Waals surface area contributed by atoms with Crippen LogP contribution in [-0.2, 0) is 16.0 Å². The smallest absolute Gasteiger partial charge is 0.228 e. The minimum Gasteiger partial charge on any atom is -0.391 e. The number of aryl methyl sites for hydroxylation is 1. The second kappa shape index (κ2) is 7.29. The van der Waals surface area contributed by atoms with Gasteiger partial charge in [0.25, 0.3) is 0 Å². The Balaban J connectivity index is 1.53. The second-order valence-corrected chi connectivity index (χ2v) is 8.93. The van der Waals surface area contributed by atoms with E-state index in [1.54, 1.807) is 4.90 Å². The first-order valence-corrected chi connectivity index (χ1v) is 10.5. The monoisotopic (exact) mass is 399 g/mol. The number of amides is 2. The number of likely N-dealkylation sites (tertiary alicyclic amines) is 1. The first-order chi connectivity index (χ1) is 13.4. The van der Waals surface area contributed by atoms with Crippen LogP contribution in [0.5, 0.6) is 0 Å². The fourth-order valence-electron chi connectivity index (χ4n) is 4.80. The van der Waals surface area contributed by atoms with Gasteiger partial charge in [0.1, 0.15) is 0 Å². The Morgan fingerprint density at radius 2 is 2.11 bits per heavy atom. The highest BCUT2D eigenvalue weighted by Gasteiger charge is 2.71. The van der Waals surface area contributed by atoms with E-state index in [1.165, 1.54) is 18.3 Å². The number of hydrogen-bond donors (Lipinski definition) is 2. The molecule has 1 aliphatic heterocycles. The van der Waals surface area contributed by atoms with Crippen molar-refractivity contribution >= 4 is 23.2 Å². The summed E-state index contributed by atoms with van der Waals surface area (Å²) >= 11 is 1.54. The van der Waals surface area contributed by atoms with Gasteiger partial charge in [0.15, 0.2) is 0 Å². The fraction of sp³-hybridized carbons (Fsp3) is 0.476. The van der Waals surface area contributed by atoms with Gasteiger partial charge in [0, 0.05) is 37.4 Å². The van der Waals surface area contributed by atoms with E-state index in [4.69, 9.17) is 0 Å². The fourth-order valence-corrected chi connectivity index (χ4v) is 5.41. The number of nitrogens with zero attached hydrogens (tertiary/aromatic N) is 2. The number of nitrogens with one attached hydrogen (secondary N) is 1. The van der Waals surface area contributed by atoms with E-state index in [9.17, 15) is 14.7 Å². The average Bonchev–Trinajstić information content (AvgIpc) is 2.88. The summed E-state index contributed by atoms with van der Waals surface area (Å²) in [6.07, 6.45) is -0.336. The number of benzene rings is 1. The van der Waals surface area contributed by atoms with Gasteiger partial charge in [-0.15, -0.1) is 11.3 Å². The Kier molecular flexibility index (Phi) is 4.97. The zero-order valence-corrected chi connectivity index (χ0v) is 16.9. The number of β-amino-alcohol motifs (C(OH)–C–C–N with tert-alkyl or cyclic N) is 1. The number of carbonyl (C=O) groups is 2. The molecular weight excluding hydrogens is 374 g/mol. The van der Waals surface area contributed by atoms with Crippen LogP contribution in [0.4, 0.5) is 0 Å². The van der Waals surface area contributed by atoms with Gasteiger partial charge in [-0.05, 0) is 24.3 Å². The molecule has 0 radical (unpaired) electrons. The predicted molar refractivity (Wildman–Crippen MR) is 107 cm³/mol. The zero-order valence-electron chi connectivity index (χ0n) is 16.1. The van der Waals surface area contributed by atoms with Crippen molar-refractivity contribution < 1.29 is 14.7 Å². The lowest BCUT2D eigenvalue weighted by Gasteiger charge is -2.16. The Labute approximate surface area is 168 Å². The maximum atomic E-state index is 12.8. The predicted octanol–water partition coefficient (Wildman–Crippen LogP) is 1.73. The number of thiazole rings is 1. The van der Waals surface area contributed by atoms with E-state index in [0.717, 1.165) is 16.3 Å². The van der Waals surface area contributed by atoms with Crippen LogP contribution in [0.2, 0.25) is 0 Å². The van der Waals surface area contributed by atoms with E-state index in [0.29, 0.717) is 19.6 Å². The molecule has 7 heteroatoms. The molecular formula is C21H25N3O3S. The number of aromatic nitrogens is 1. The Morgan fingerprint density at radius 3 is 2.75 bits per heavy atom. The molecule has 0 bridgehead atoms. The molecule has 1 aromatic heterocycles. The molecule has 148 valence electrons. The molecule has 2 amide bonds. The maximum absolute atomic E-state index is 12.8. The van der Waals surface area contributed by atoms with Crippen LogP contribution in [0.1, 0.15) is 29.1 Å². The van der Waals surface area contributed by atoms with Crippen molar-refractivity contribution in [1.29, 1.82) is 0 Å². The van der Waals surface area contributed by atoms with Gasteiger partial charge in [-0.3, -0.25) is 9.59 Å². The lowest BCUT2D eigenvalue weighted by molar-refractivity contribution is -0.130. The summed E-state index contributed by atoms with van der Waals surface area (Å²) in [6, 6.07) is 10.1. The van der Waals surface area contributed by atoms with Crippen LogP contribution < -0.4 is 5.32 Å². The normalized spacial score (nSPS) is 28.5. The quantitative estimate of drug-likeness (QED) is 0.802. The maximum Gasteiger partial charge on any atom is 0.228 e. The summed E-state index contributed by atoms with van der Waals surface area (Å²) in [5.74, 6) is 0.175. The van der Waals surface area contributed by atoms with Crippen LogP contribution in [0, 0.1) is 18.3 Å². The van der Waals surface area contributed by atoms with E-state index in [2.05, 4.69) is 22.4 Å². The molecule has 2 fully saturated rings. The summed E-state index contributed by atoms with van der Waals surface area (Å²) in [5.41, 5.74) is 1.55. The summed E-state index contributed by atoms with van der Waals surface area (Å²) in [7, 11) is 0. The average molecular weight is 400 g/mol. The molecule has 1 aromatic carbocycles. The van der Waals surface area contributed by atoms with Gasteiger partial charge in [-0.25, -0.2) is 4.98 Å². The molecule has 2 aromatic rings. The van der Waals surface area contributed by atoms with E-state index < -0.39 is 11.5 Å². The van der Waals surface area contributed by atoms with Crippen molar-refractivity contribution in [3.63, 3.8) is 0 Å². The van der Waals surface area contributed by atoms with Gasteiger partial charge in [0.2, 0.25) is 11.8 Å². The van der Waals surface area contributed by atoms with Gasteiger partial charge in [-0.2, -0.15) is 0 Å². The first-order valence-electron chi connectivity index (χ1n) is 9.58. The molecule has 6 nitrogen and oxygen atoms in total. The number of aliphatic hydroxyl groups excluding tert-OH is 1. The number of hydrogen-bond acceptors (Lipinski definition) is 5. The molecule has 4 rings (SSSR count). The molecule has 2 N–H and O–H groups in total. The molecule has 1 saturated carbocycles. The first kappa shape index (κ1) is 19.1. The molecule has 4 atom stereocenters. The summed E-state index contributed by atoms with van der Waals surface area (Å²) < 4.78 is 0. The molecule has 1 saturated heterocycles. The van der Waals surface area contributed by atoms with Crippen molar-refractivity contribution in [2.45, 2.75) is 32.3 Å². The number of carbonyl (C=O) groups excluding carboxylic acids is 2. The number of aliphatic hydroxyl groups is 1. The van der Waals surface area contributed by atoms with Crippen molar-refractivity contribution in [1.82, 2.24) is 15.2 Å². The zero-order chi connectivity index (χ0) is 19.9. The molecule has 2 heterocycles. The van der Waals surface area contributed by atoms with Crippen molar-refractivity contribution in [3.05, 3.63) is 52.0 Å². The molecule has 0 unspecified atom stereocenters. The van der Waals surface area contributed by atoms with Crippen LogP contribution in [0.25, 0.3) is 0 Å². The third-order valence-electron chi connectivity index (χ3n) is 6.12.